The molecule has 1 atom stereocenters. The van der Waals surface area contributed by atoms with Crippen molar-refractivity contribution in [2.24, 2.45) is 0 Å². The van der Waals surface area contributed by atoms with E-state index in [0.717, 1.165) is 5.56 Å². The van der Waals surface area contributed by atoms with Gasteiger partial charge in [0.25, 0.3) is 5.91 Å². The van der Waals surface area contributed by atoms with Crippen LogP contribution < -0.4 is 5.32 Å². The second-order valence-corrected chi connectivity index (χ2v) is 5.76. The monoisotopic (exact) mass is 317 g/mol. The largest absolute Gasteiger partial charge is 0.369 e. The molecule has 0 bridgehead atoms. The van der Waals surface area contributed by atoms with Gasteiger partial charge in [-0.15, -0.1) is 11.3 Å². The molecule has 1 unspecified atom stereocenters. The molecule has 0 aliphatic carbocycles. The zero-order valence-corrected chi connectivity index (χ0v) is 12.6. The first-order valence-electron chi connectivity index (χ1n) is 6.85. The fourth-order valence-corrected chi connectivity index (χ4v) is 2.81. The Morgan fingerprint density at radius 2 is 2.23 bits per heavy atom. The van der Waals surface area contributed by atoms with Crippen LogP contribution in [0.15, 0.2) is 41.9 Å². The van der Waals surface area contributed by atoms with Gasteiger partial charge < -0.3 is 15.0 Å². The number of rotatable bonds is 4. The molecule has 114 valence electrons. The zero-order chi connectivity index (χ0) is 15.4. The minimum Gasteiger partial charge on any atom is -0.369 e. The van der Waals surface area contributed by atoms with Gasteiger partial charge in [-0.3, -0.25) is 9.59 Å². The number of benzene rings is 1. The summed E-state index contributed by atoms with van der Waals surface area (Å²) < 4.78 is 5.23. The van der Waals surface area contributed by atoms with E-state index in [9.17, 15) is 9.59 Å². The van der Waals surface area contributed by atoms with Crippen LogP contribution in [0.2, 0.25) is 0 Å². The van der Waals surface area contributed by atoms with Crippen LogP contribution in [0.25, 0.3) is 0 Å². The first-order valence-corrected chi connectivity index (χ1v) is 7.73. The minimum atomic E-state index is -0.648. The lowest BCUT2D eigenvalue weighted by Gasteiger charge is -2.34. The standard InChI is InChI=1S/C15H15N3O3S/c19-13-10-21-9-12(14(20)17-15-16-6-7-22-15)18(13)8-11-4-2-1-3-5-11/h1-7,12H,8-10H2,(H,16,17,20). The van der Waals surface area contributed by atoms with Crippen LogP contribution in [0.5, 0.6) is 0 Å². The molecular formula is C15H15N3O3S. The number of ether oxygens (including phenoxy) is 1. The van der Waals surface area contributed by atoms with Gasteiger partial charge in [0.2, 0.25) is 5.91 Å². The zero-order valence-electron chi connectivity index (χ0n) is 11.8. The van der Waals surface area contributed by atoms with E-state index in [1.54, 1.807) is 16.5 Å². The van der Waals surface area contributed by atoms with Crippen molar-refractivity contribution in [2.45, 2.75) is 12.6 Å². The predicted molar refractivity (Wildman–Crippen MR) is 82.3 cm³/mol. The van der Waals surface area contributed by atoms with Crippen molar-refractivity contribution >= 4 is 28.3 Å². The molecule has 2 heterocycles. The van der Waals surface area contributed by atoms with E-state index in [1.165, 1.54) is 11.3 Å². The molecule has 6 nitrogen and oxygen atoms in total. The van der Waals surface area contributed by atoms with Gasteiger partial charge in [0.05, 0.1) is 6.61 Å². The highest BCUT2D eigenvalue weighted by Gasteiger charge is 2.34. The molecular weight excluding hydrogens is 302 g/mol. The molecule has 3 rings (SSSR count). The van der Waals surface area contributed by atoms with Crippen LogP contribution in [0.1, 0.15) is 5.56 Å². The molecule has 22 heavy (non-hydrogen) atoms. The Balaban J connectivity index is 1.74. The molecule has 1 aliphatic heterocycles. The first-order chi connectivity index (χ1) is 10.7. The summed E-state index contributed by atoms with van der Waals surface area (Å²) in [5, 5.41) is 5.02. The van der Waals surface area contributed by atoms with Crippen molar-refractivity contribution in [1.29, 1.82) is 0 Å². The third kappa shape index (κ3) is 3.32. The lowest BCUT2D eigenvalue weighted by molar-refractivity contribution is -0.154. The van der Waals surface area contributed by atoms with Crippen LogP contribution in [0.4, 0.5) is 5.13 Å². The minimum absolute atomic E-state index is 0.00780. The summed E-state index contributed by atoms with van der Waals surface area (Å²) in [7, 11) is 0. The van der Waals surface area contributed by atoms with Crippen molar-refractivity contribution in [3.63, 3.8) is 0 Å². The van der Waals surface area contributed by atoms with Crippen molar-refractivity contribution < 1.29 is 14.3 Å². The molecule has 0 spiro atoms. The predicted octanol–water partition coefficient (Wildman–Crippen LogP) is 1.51. The van der Waals surface area contributed by atoms with E-state index in [1.807, 2.05) is 30.3 Å². The Morgan fingerprint density at radius 1 is 1.41 bits per heavy atom. The molecule has 1 saturated heterocycles. The van der Waals surface area contributed by atoms with Crippen LogP contribution in [0, 0.1) is 0 Å². The Kier molecular flexibility index (Phi) is 4.45. The van der Waals surface area contributed by atoms with Gasteiger partial charge in [-0.1, -0.05) is 30.3 Å². The quantitative estimate of drug-likeness (QED) is 0.928. The number of nitrogens with one attached hydrogen (secondary N) is 1. The summed E-state index contributed by atoms with van der Waals surface area (Å²) >= 11 is 1.33. The van der Waals surface area contributed by atoms with E-state index in [0.29, 0.717) is 11.7 Å². The maximum atomic E-state index is 12.4. The summed E-state index contributed by atoms with van der Waals surface area (Å²) in [4.78, 5) is 30.1. The number of hydrogen-bond acceptors (Lipinski definition) is 5. The van der Waals surface area contributed by atoms with Gasteiger partial charge in [0.15, 0.2) is 5.13 Å². The summed E-state index contributed by atoms with van der Waals surface area (Å²) in [6.45, 7) is 0.586. The highest BCUT2D eigenvalue weighted by atomic mass is 32.1. The lowest BCUT2D eigenvalue weighted by Crippen LogP contribution is -2.54. The second-order valence-electron chi connectivity index (χ2n) is 4.86. The number of anilines is 1. The van der Waals surface area contributed by atoms with E-state index in [4.69, 9.17) is 4.74 Å². The van der Waals surface area contributed by atoms with Gasteiger partial charge in [-0.25, -0.2) is 4.98 Å². The van der Waals surface area contributed by atoms with Crippen LogP contribution >= 0.6 is 11.3 Å². The fourth-order valence-electron chi connectivity index (χ4n) is 2.27. The molecule has 1 aromatic carbocycles. The Morgan fingerprint density at radius 3 is 2.95 bits per heavy atom. The molecule has 1 aromatic heterocycles. The van der Waals surface area contributed by atoms with Crippen molar-refractivity contribution in [3.05, 3.63) is 47.5 Å². The van der Waals surface area contributed by atoms with Gasteiger partial charge in [0.1, 0.15) is 12.6 Å². The molecule has 0 radical (unpaired) electrons. The van der Waals surface area contributed by atoms with Crippen LogP contribution in [-0.4, -0.2) is 41.0 Å². The third-order valence-corrected chi connectivity index (χ3v) is 4.05. The summed E-state index contributed by atoms with van der Waals surface area (Å²) in [5.41, 5.74) is 0.977. The molecule has 7 heteroatoms. The summed E-state index contributed by atoms with van der Waals surface area (Å²) in [5.74, 6) is -0.465. The van der Waals surface area contributed by atoms with Crippen molar-refractivity contribution in [1.82, 2.24) is 9.88 Å². The van der Waals surface area contributed by atoms with Gasteiger partial charge in [-0.2, -0.15) is 0 Å². The number of nitrogens with zero attached hydrogens (tertiary/aromatic N) is 2. The number of aromatic nitrogens is 1. The molecule has 0 saturated carbocycles. The SMILES string of the molecule is O=C(Nc1nccs1)C1COCC(=O)N1Cc1ccccc1. The number of hydrogen-bond donors (Lipinski definition) is 1. The number of carbonyl (C=O) groups is 2. The average molecular weight is 317 g/mol. The van der Waals surface area contributed by atoms with E-state index in [-0.39, 0.29) is 25.0 Å². The topological polar surface area (TPSA) is 71.5 Å². The maximum absolute atomic E-state index is 12.4. The van der Waals surface area contributed by atoms with E-state index < -0.39 is 6.04 Å². The Labute approximate surface area is 131 Å². The van der Waals surface area contributed by atoms with Crippen molar-refractivity contribution in [2.75, 3.05) is 18.5 Å². The van der Waals surface area contributed by atoms with Crippen molar-refractivity contribution in [3.8, 4) is 0 Å². The normalized spacial score (nSPS) is 18.3. The first kappa shape index (κ1) is 14.7. The highest BCUT2D eigenvalue weighted by molar-refractivity contribution is 7.13. The smallest absolute Gasteiger partial charge is 0.251 e. The van der Waals surface area contributed by atoms with Crippen LogP contribution in [-0.2, 0) is 20.9 Å². The Bertz CT molecular complexity index is 645. The summed E-state index contributed by atoms with van der Waals surface area (Å²) in [6.07, 6.45) is 1.62. The molecule has 1 aliphatic rings. The lowest BCUT2D eigenvalue weighted by atomic mass is 10.1. The number of morpholine rings is 1. The Hall–Kier alpha value is -2.25. The molecule has 1 fully saturated rings. The number of thiazole rings is 1. The third-order valence-electron chi connectivity index (χ3n) is 3.36. The maximum Gasteiger partial charge on any atom is 0.251 e. The number of carbonyl (C=O) groups excluding carboxylic acids is 2. The summed E-state index contributed by atoms with van der Waals surface area (Å²) in [6, 6.07) is 8.94. The fraction of sp³-hybridized carbons (Fsp3) is 0.267. The molecule has 2 aromatic rings. The highest BCUT2D eigenvalue weighted by Crippen LogP contribution is 2.17. The van der Waals surface area contributed by atoms with Gasteiger partial charge >= 0.3 is 0 Å². The van der Waals surface area contributed by atoms with E-state index in [2.05, 4.69) is 10.3 Å². The van der Waals surface area contributed by atoms with Gasteiger partial charge in [-0.05, 0) is 5.56 Å². The number of amides is 2. The average Bonchev–Trinajstić information content (AvgIpc) is 3.03. The van der Waals surface area contributed by atoms with E-state index >= 15 is 0 Å². The second kappa shape index (κ2) is 6.67. The molecule has 2 amide bonds. The van der Waals surface area contributed by atoms with Gasteiger partial charge in [0, 0.05) is 18.1 Å². The molecule has 1 N–H and O–H groups in total. The van der Waals surface area contributed by atoms with Crippen LogP contribution in [0.3, 0.4) is 0 Å².